The fourth-order valence-corrected chi connectivity index (χ4v) is 0. The van der Waals surface area contributed by atoms with Crippen LogP contribution in [0.15, 0.2) is 0 Å². The molecule has 0 saturated carbocycles. The SMILES string of the molecule is CC(=O)O.N.O=S(=O)(O)O.[H-].[Na+]. The topological polar surface area (TPSA) is 147 Å². The summed E-state index contributed by atoms with van der Waals surface area (Å²) in [5, 5.41) is 7.42. The van der Waals surface area contributed by atoms with E-state index in [1.165, 1.54) is 0 Å². The first kappa shape index (κ1) is 22.5. The van der Waals surface area contributed by atoms with Gasteiger partial charge in [-0.25, -0.2) is 0 Å². The first-order chi connectivity index (χ1) is 3.73. The summed E-state index contributed by atoms with van der Waals surface area (Å²) in [6, 6.07) is 0. The van der Waals surface area contributed by atoms with Gasteiger partial charge in [-0.2, -0.15) is 8.42 Å². The summed E-state index contributed by atoms with van der Waals surface area (Å²) < 4.78 is 31.6. The Kier molecular flexibility index (Phi) is 21.1. The van der Waals surface area contributed by atoms with E-state index in [4.69, 9.17) is 27.4 Å². The van der Waals surface area contributed by atoms with Crippen LogP contribution in [0.2, 0.25) is 0 Å². The van der Waals surface area contributed by atoms with Gasteiger partial charge in [0.05, 0.1) is 0 Å². The number of rotatable bonds is 0. The van der Waals surface area contributed by atoms with Crippen molar-refractivity contribution in [3.05, 3.63) is 0 Å². The molecule has 0 radical (unpaired) electrons. The van der Waals surface area contributed by atoms with Crippen molar-refractivity contribution in [1.29, 1.82) is 0 Å². The van der Waals surface area contributed by atoms with E-state index in [1.807, 2.05) is 0 Å². The third-order valence-electron chi connectivity index (χ3n) is 0. The van der Waals surface area contributed by atoms with E-state index in [0.717, 1.165) is 6.92 Å². The molecule has 0 aliphatic rings. The molecule has 0 aliphatic heterocycles. The number of hydrogen-bond donors (Lipinski definition) is 4. The Bertz CT molecular complexity index is 168. The molecule has 0 atom stereocenters. The molecule has 0 bridgehead atoms. The van der Waals surface area contributed by atoms with Crippen LogP contribution in [0, 0.1) is 0 Å². The monoisotopic (exact) mass is 199 g/mol. The van der Waals surface area contributed by atoms with E-state index in [-0.39, 0.29) is 37.1 Å². The fraction of sp³-hybridized carbons (Fsp3) is 0.500. The Balaban J connectivity index is -0.0000000221. The summed E-state index contributed by atoms with van der Waals surface area (Å²) in [5.74, 6) is -0.833. The number of aliphatic carboxylic acids is 1. The molecule has 0 fully saturated rings. The van der Waals surface area contributed by atoms with Crippen LogP contribution in [0.4, 0.5) is 0 Å². The summed E-state index contributed by atoms with van der Waals surface area (Å²) in [4.78, 5) is 9.00. The second kappa shape index (κ2) is 10.3. The second-order valence-corrected chi connectivity index (χ2v) is 1.86. The molecule has 7 nitrogen and oxygen atoms in total. The predicted octanol–water partition coefficient (Wildman–Crippen LogP) is -3.28. The van der Waals surface area contributed by atoms with E-state index in [9.17, 15) is 0 Å². The molecule has 6 N–H and O–H groups in total. The van der Waals surface area contributed by atoms with Crippen LogP contribution in [0.25, 0.3) is 0 Å². The molecular formula is C2H10NNaO6S. The van der Waals surface area contributed by atoms with Gasteiger partial charge in [-0.15, -0.1) is 0 Å². The minimum absolute atomic E-state index is 0. The molecule has 0 aromatic carbocycles. The van der Waals surface area contributed by atoms with Gasteiger partial charge in [0.25, 0.3) is 5.97 Å². The maximum absolute atomic E-state index is 9.00. The summed E-state index contributed by atoms with van der Waals surface area (Å²) >= 11 is 0. The Hall–Kier alpha value is 0.300. The molecule has 0 heterocycles. The van der Waals surface area contributed by atoms with Gasteiger partial charge in [0, 0.05) is 6.92 Å². The molecule has 0 aliphatic carbocycles. The normalized spacial score (nSPS) is 7.55. The average molecular weight is 199 g/mol. The first-order valence-electron chi connectivity index (χ1n) is 1.63. The van der Waals surface area contributed by atoms with E-state index in [1.54, 1.807) is 0 Å². The fourth-order valence-electron chi connectivity index (χ4n) is 0. The van der Waals surface area contributed by atoms with Crippen molar-refractivity contribution >= 4 is 16.4 Å². The Labute approximate surface area is 87.7 Å². The summed E-state index contributed by atoms with van der Waals surface area (Å²) in [5.41, 5.74) is 0. The largest absolute Gasteiger partial charge is 1.00 e. The van der Waals surface area contributed by atoms with Crippen LogP contribution in [0.3, 0.4) is 0 Å². The molecule has 9 heteroatoms. The van der Waals surface area contributed by atoms with E-state index in [2.05, 4.69) is 0 Å². The Morgan fingerprint density at radius 3 is 1.36 bits per heavy atom. The standard InChI is InChI=1S/C2H4O2.H3N.Na.H2O4S.H/c1-2(3)4;;;1-5(2,3)4;/h1H3,(H,3,4);1H3;;(H2,1,2,3,4);/q;;+1;;-1. The van der Waals surface area contributed by atoms with E-state index in [0.29, 0.717) is 0 Å². The Morgan fingerprint density at radius 2 is 1.36 bits per heavy atom. The second-order valence-electron chi connectivity index (χ2n) is 0.967. The van der Waals surface area contributed by atoms with Crippen LogP contribution < -0.4 is 35.7 Å². The Morgan fingerprint density at radius 1 is 1.36 bits per heavy atom. The number of carboxylic acids is 1. The van der Waals surface area contributed by atoms with Gasteiger partial charge < -0.3 is 12.7 Å². The van der Waals surface area contributed by atoms with Gasteiger partial charge in [-0.05, 0) is 0 Å². The van der Waals surface area contributed by atoms with Gasteiger partial charge in [0.2, 0.25) is 0 Å². The van der Waals surface area contributed by atoms with Gasteiger partial charge in [0.15, 0.2) is 0 Å². The molecule has 0 spiro atoms. The van der Waals surface area contributed by atoms with Crippen LogP contribution in [0.1, 0.15) is 8.35 Å². The minimum Gasteiger partial charge on any atom is -1.00 e. The van der Waals surface area contributed by atoms with E-state index < -0.39 is 16.4 Å². The van der Waals surface area contributed by atoms with Crippen molar-refractivity contribution in [3.8, 4) is 0 Å². The maximum atomic E-state index is 9.00. The van der Waals surface area contributed by atoms with Crippen molar-refractivity contribution < 1.29 is 58.4 Å². The van der Waals surface area contributed by atoms with Crippen LogP contribution >= 0.6 is 0 Å². The van der Waals surface area contributed by atoms with Crippen molar-refractivity contribution in [2.24, 2.45) is 0 Å². The molecule has 0 saturated heterocycles. The summed E-state index contributed by atoms with van der Waals surface area (Å²) in [6.45, 7) is 1.08. The van der Waals surface area contributed by atoms with Crippen molar-refractivity contribution in [2.45, 2.75) is 6.92 Å². The maximum Gasteiger partial charge on any atom is 1.00 e. The molecule has 0 unspecified atom stereocenters. The van der Waals surface area contributed by atoms with Crippen LogP contribution in [0.5, 0.6) is 0 Å². The van der Waals surface area contributed by atoms with Gasteiger partial charge in [-0.1, -0.05) is 0 Å². The number of carbonyl (C=O) groups is 1. The van der Waals surface area contributed by atoms with Crippen molar-refractivity contribution in [3.63, 3.8) is 0 Å². The van der Waals surface area contributed by atoms with Gasteiger partial charge in [0.1, 0.15) is 0 Å². The third-order valence-corrected chi connectivity index (χ3v) is 0. The molecule has 0 amide bonds. The minimum atomic E-state index is -4.67. The van der Waals surface area contributed by atoms with Crippen LogP contribution in [-0.4, -0.2) is 28.6 Å². The number of hydrogen-bond acceptors (Lipinski definition) is 4. The molecule has 0 rings (SSSR count). The van der Waals surface area contributed by atoms with Crippen LogP contribution in [-0.2, 0) is 15.2 Å². The number of carboxylic acid groups (broad SMARTS) is 1. The third kappa shape index (κ3) is 7880. The molecular weight excluding hydrogens is 189 g/mol. The zero-order chi connectivity index (χ0) is 8.08. The van der Waals surface area contributed by atoms with E-state index >= 15 is 0 Å². The molecule has 66 valence electrons. The molecule has 0 aromatic heterocycles. The predicted molar refractivity (Wildman–Crippen MR) is 33.6 cm³/mol. The van der Waals surface area contributed by atoms with Crippen molar-refractivity contribution in [1.82, 2.24) is 6.15 Å². The van der Waals surface area contributed by atoms with Crippen molar-refractivity contribution in [2.75, 3.05) is 0 Å². The zero-order valence-corrected chi connectivity index (χ0v) is 9.00. The summed E-state index contributed by atoms with van der Waals surface area (Å²) in [7, 11) is -4.67. The average Bonchev–Trinajstić information content (AvgIpc) is 1.19. The summed E-state index contributed by atoms with van der Waals surface area (Å²) in [6.07, 6.45) is 0. The van der Waals surface area contributed by atoms with Gasteiger partial charge in [-0.3, -0.25) is 13.9 Å². The molecule has 0 aromatic rings. The quantitative estimate of drug-likeness (QED) is 0.236. The molecule has 11 heavy (non-hydrogen) atoms. The smallest absolute Gasteiger partial charge is 1.00 e. The zero-order valence-electron chi connectivity index (χ0n) is 7.18. The first-order valence-corrected chi connectivity index (χ1v) is 3.02. The van der Waals surface area contributed by atoms with Gasteiger partial charge >= 0.3 is 40.0 Å².